The van der Waals surface area contributed by atoms with E-state index in [2.05, 4.69) is 14.6 Å². The van der Waals surface area contributed by atoms with Gasteiger partial charge in [0, 0.05) is 18.3 Å². The van der Waals surface area contributed by atoms with E-state index in [1.165, 1.54) is 13.3 Å². The van der Waals surface area contributed by atoms with Gasteiger partial charge in [-0.3, -0.25) is 4.98 Å². The Hall–Kier alpha value is -2.47. The number of benzene rings is 1. The van der Waals surface area contributed by atoms with Crippen LogP contribution >= 0.6 is 0 Å². The fourth-order valence-electron chi connectivity index (χ4n) is 3.58. The number of esters is 1. The quantitative estimate of drug-likeness (QED) is 0.646. The summed E-state index contributed by atoms with van der Waals surface area (Å²) < 4.78 is 24.4. The van der Waals surface area contributed by atoms with E-state index in [0.717, 1.165) is 42.9 Å². The van der Waals surface area contributed by atoms with Crippen molar-refractivity contribution in [3.8, 4) is 17.0 Å². The van der Waals surface area contributed by atoms with Crippen molar-refractivity contribution in [1.29, 1.82) is 0 Å². The number of carbonyl (C=O) groups is 1. The molecule has 0 unspecified atom stereocenters. The summed E-state index contributed by atoms with van der Waals surface area (Å²) >= 11 is 0. The van der Waals surface area contributed by atoms with Crippen molar-refractivity contribution in [3.05, 3.63) is 48.2 Å². The summed E-state index contributed by atoms with van der Waals surface area (Å²) in [4.78, 5) is 18.0. The van der Waals surface area contributed by atoms with Gasteiger partial charge in [-0.05, 0) is 82.1 Å². The number of hydrogen-bond donors (Lipinski definition) is 0. The summed E-state index contributed by atoms with van der Waals surface area (Å²) in [7, 11) is 1.35. The molecule has 2 aromatic rings. The van der Waals surface area contributed by atoms with Gasteiger partial charge in [0.05, 0.1) is 25.0 Å². The zero-order valence-electron chi connectivity index (χ0n) is 17.4. The molecule has 1 fully saturated rings. The molecule has 1 aromatic heterocycles. The van der Waals surface area contributed by atoms with E-state index in [4.69, 9.17) is 4.74 Å². The molecule has 0 saturated carbocycles. The molecule has 0 N–H and O–H groups in total. The second-order valence-corrected chi connectivity index (χ2v) is 8.20. The number of likely N-dealkylation sites (tertiary alicyclic amines) is 1. The first-order valence-electron chi connectivity index (χ1n) is 10.0. The number of halogens is 1. The number of rotatable bonds is 7. The molecule has 6 heteroatoms. The minimum absolute atomic E-state index is 0.396. The van der Waals surface area contributed by atoms with E-state index < -0.39 is 11.6 Å². The molecule has 1 aromatic carbocycles. The largest absolute Gasteiger partial charge is 0.493 e. The second-order valence-electron chi connectivity index (χ2n) is 8.20. The lowest BCUT2D eigenvalue weighted by molar-refractivity contribution is 0.0600. The number of nitrogens with zero attached hydrogens (tertiary/aromatic N) is 2. The van der Waals surface area contributed by atoms with Crippen LogP contribution in [0.15, 0.2) is 42.6 Å². The SMILES string of the molecule is COC(=O)c1ccc(-c2ccc(OCC3CCN(CC(C)(C)F)CC3)cc2)nc1. The molecular weight excluding hydrogens is 371 g/mol. The standard InChI is InChI=1S/C23H29FN2O3/c1-23(2,24)16-26-12-10-17(11-13-26)15-29-20-7-4-18(5-8-20)21-9-6-19(14-25-21)22(27)28-3/h4-9,14,17H,10-13,15-16H2,1-3H3. The van der Waals surface area contributed by atoms with E-state index in [1.807, 2.05) is 24.3 Å². The predicted molar refractivity (Wildman–Crippen MR) is 111 cm³/mol. The molecule has 0 aliphatic carbocycles. The van der Waals surface area contributed by atoms with Crippen molar-refractivity contribution >= 4 is 5.97 Å². The Balaban J connectivity index is 1.48. The summed E-state index contributed by atoms with van der Waals surface area (Å²) in [5.74, 6) is 0.931. The maximum Gasteiger partial charge on any atom is 0.339 e. The van der Waals surface area contributed by atoms with Crippen molar-refractivity contribution in [2.75, 3.05) is 33.4 Å². The normalized spacial score (nSPS) is 15.9. The van der Waals surface area contributed by atoms with Gasteiger partial charge >= 0.3 is 5.97 Å². The van der Waals surface area contributed by atoms with Crippen LogP contribution < -0.4 is 4.74 Å². The lowest BCUT2D eigenvalue weighted by Gasteiger charge is -2.34. The number of aromatic nitrogens is 1. The molecule has 2 heterocycles. The smallest absolute Gasteiger partial charge is 0.339 e. The molecule has 1 aliphatic heterocycles. The highest BCUT2D eigenvalue weighted by atomic mass is 19.1. The average molecular weight is 400 g/mol. The number of methoxy groups -OCH3 is 1. The summed E-state index contributed by atoms with van der Waals surface area (Å²) in [6.45, 7) is 6.29. The Kier molecular flexibility index (Phi) is 6.85. The van der Waals surface area contributed by atoms with E-state index in [9.17, 15) is 9.18 Å². The molecule has 0 amide bonds. The van der Waals surface area contributed by atoms with Crippen molar-refractivity contribution in [2.45, 2.75) is 32.4 Å². The highest BCUT2D eigenvalue weighted by molar-refractivity contribution is 5.89. The van der Waals surface area contributed by atoms with E-state index in [0.29, 0.717) is 24.6 Å². The van der Waals surface area contributed by atoms with Crippen LogP contribution in [0.5, 0.6) is 5.75 Å². The number of piperidine rings is 1. The van der Waals surface area contributed by atoms with Gasteiger partial charge in [-0.15, -0.1) is 0 Å². The van der Waals surface area contributed by atoms with Crippen LogP contribution in [0.1, 0.15) is 37.0 Å². The fourth-order valence-corrected chi connectivity index (χ4v) is 3.58. The van der Waals surface area contributed by atoms with E-state index in [1.54, 1.807) is 26.0 Å². The van der Waals surface area contributed by atoms with Gasteiger partial charge in [-0.25, -0.2) is 9.18 Å². The zero-order valence-corrected chi connectivity index (χ0v) is 17.4. The monoisotopic (exact) mass is 400 g/mol. The highest BCUT2D eigenvalue weighted by Crippen LogP contribution is 2.24. The van der Waals surface area contributed by atoms with Gasteiger partial charge in [0.25, 0.3) is 0 Å². The zero-order chi connectivity index (χ0) is 20.9. The Bertz CT molecular complexity index is 792. The molecule has 0 spiro atoms. The van der Waals surface area contributed by atoms with Crippen molar-refractivity contribution in [3.63, 3.8) is 0 Å². The lowest BCUT2D eigenvalue weighted by atomic mass is 9.97. The molecule has 0 radical (unpaired) electrons. The lowest BCUT2D eigenvalue weighted by Crippen LogP contribution is -2.41. The van der Waals surface area contributed by atoms with E-state index in [-0.39, 0.29) is 0 Å². The van der Waals surface area contributed by atoms with Gasteiger partial charge in [0.15, 0.2) is 0 Å². The van der Waals surface area contributed by atoms with Gasteiger partial charge in [0.2, 0.25) is 0 Å². The molecule has 0 atom stereocenters. The van der Waals surface area contributed by atoms with Gasteiger partial charge < -0.3 is 14.4 Å². The molecule has 1 aliphatic rings. The molecule has 29 heavy (non-hydrogen) atoms. The Labute approximate surface area is 171 Å². The average Bonchev–Trinajstić information content (AvgIpc) is 2.72. The van der Waals surface area contributed by atoms with Gasteiger partial charge in [-0.1, -0.05) is 0 Å². The van der Waals surface area contributed by atoms with Gasteiger partial charge in [-0.2, -0.15) is 0 Å². The van der Waals surface area contributed by atoms with Gasteiger partial charge in [0.1, 0.15) is 11.4 Å². The maximum atomic E-state index is 13.8. The minimum atomic E-state index is -1.14. The third kappa shape index (κ3) is 6.26. The Morgan fingerprint density at radius 2 is 1.86 bits per heavy atom. The molecule has 1 saturated heterocycles. The number of ether oxygens (including phenoxy) is 2. The first-order valence-corrected chi connectivity index (χ1v) is 10.0. The van der Waals surface area contributed by atoms with Crippen molar-refractivity contribution < 1.29 is 18.7 Å². The Morgan fingerprint density at radius 3 is 2.41 bits per heavy atom. The second kappa shape index (κ2) is 9.35. The summed E-state index contributed by atoms with van der Waals surface area (Å²) in [6.07, 6.45) is 3.58. The van der Waals surface area contributed by atoms with Crippen LogP contribution in [0, 0.1) is 5.92 Å². The van der Waals surface area contributed by atoms with Crippen molar-refractivity contribution in [2.24, 2.45) is 5.92 Å². The molecule has 5 nitrogen and oxygen atoms in total. The van der Waals surface area contributed by atoms with Crippen LogP contribution in [0.4, 0.5) is 4.39 Å². The summed E-state index contributed by atoms with van der Waals surface area (Å²) in [5, 5.41) is 0. The van der Waals surface area contributed by atoms with Crippen LogP contribution in [0.3, 0.4) is 0 Å². The number of alkyl halides is 1. The number of carbonyl (C=O) groups excluding carboxylic acids is 1. The number of pyridine rings is 1. The topological polar surface area (TPSA) is 51.7 Å². The van der Waals surface area contributed by atoms with Crippen molar-refractivity contribution in [1.82, 2.24) is 9.88 Å². The molecule has 156 valence electrons. The van der Waals surface area contributed by atoms with Crippen LogP contribution in [-0.2, 0) is 4.74 Å². The summed E-state index contributed by atoms with van der Waals surface area (Å²) in [5.41, 5.74) is 1.03. The van der Waals surface area contributed by atoms with E-state index >= 15 is 0 Å². The first-order chi connectivity index (χ1) is 13.8. The van der Waals surface area contributed by atoms with Crippen LogP contribution in [0.2, 0.25) is 0 Å². The third-order valence-electron chi connectivity index (χ3n) is 5.13. The van der Waals surface area contributed by atoms with Crippen LogP contribution in [-0.4, -0.2) is 54.9 Å². The molecule has 0 bridgehead atoms. The summed E-state index contributed by atoms with van der Waals surface area (Å²) in [6, 6.07) is 11.3. The predicted octanol–water partition coefficient (Wildman–Crippen LogP) is 4.37. The fraction of sp³-hybridized carbons (Fsp3) is 0.478. The molecular formula is C23H29FN2O3. The first kappa shape index (κ1) is 21.2. The van der Waals surface area contributed by atoms with Crippen LogP contribution in [0.25, 0.3) is 11.3 Å². The highest BCUT2D eigenvalue weighted by Gasteiger charge is 2.25. The maximum absolute atomic E-state index is 13.8. The number of hydrogen-bond acceptors (Lipinski definition) is 5. The third-order valence-corrected chi connectivity index (χ3v) is 5.13. The Morgan fingerprint density at radius 1 is 1.17 bits per heavy atom. The molecule has 3 rings (SSSR count). The minimum Gasteiger partial charge on any atom is -0.493 e.